The first kappa shape index (κ1) is 32.2. The fraction of sp³-hybridized carbons (Fsp3) is 0. The molecule has 0 saturated heterocycles. The Hall–Kier alpha value is -7.72. The van der Waals surface area contributed by atoms with Crippen LogP contribution in [0.4, 0.5) is 11.4 Å². The van der Waals surface area contributed by atoms with E-state index in [4.69, 9.17) is 9.97 Å². The normalized spacial score (nSPS) is 11.9. The van der Waals surface area contributed by atoms with Crippen molar-refractivity contribution in [3.05, 3.63) is 176 Å². The lowest BCUT2D eigenvalue weighted by atomic mass is 10.0. The number of benzene rings is 4. The van der Waals surface area contributed by atoms with Crippen molar-refractivity contribution in [2.24, 2.45) is 0 Å². The van der Waals surface area contributed by atoms with Crippen molar-refractivity contribution < 1.29 is 9.85 Å². The molecule has 2 N–H and O–H groups in total. The summed E-state index contributed by atoms with van der Waals surface area (Å²) in [6.07, 6.45) is 7.77. The van der Waals surface area contributed by atoms with Crippen molar-refractivity contribution in [3.63, 3.8) is 0 Å². The van der Waals surface area contributed by atoms with Crippen LogP contribution >= 0.6 is 0 Å². The Labute approximate surface area is 307 Å². The summed E-state index contributed by atoms with van der Waals surface area (Å²) in [5.41, 5.74) is 11.7. The molecule has 4 aromatic carbocycles. The van der Waals surface area contributed by atoms with Crippen molar-refractivity contribution in [1.29, 1.82) is 0 Å². The summed E-state index contributed by atoms with van der Waals surface area (Å²) in [6, 6.07) is 40.9. The number of aromatic amines is 2. The fourth-order valence-electron chi connectivity index (χ4n) is 7.18. The van der Waals surface area contributed by atoms with Crippen molar-refractivity contribution in [2.75, 3.05) is 0 Å². The van der Waals surface area contributed by atoms with E-state index in [1.165, 1.54) is 12.1 Å². The molecule has 7 aromatic rings. The van der Waals surface area contributed by atoms with E-state index < -0.39 is 9.85 Å². The zero-order chi connectivity index (χ0) is 36.8. The van der Waals surface area contributed by atoms with Crippen LogP contribution in [0.1, 0.15) is 22.8 Å². The lowest BCUT2D eigenvalue weighted by Gasteiger charge is -2.07. The lowest BCUT2D eigenvalue weighted by molar-refractivity contribution is -0.385. The highest BCUT2D eigenvalue weighted by molar-refractivity contribution is 6.00. The molecule has 2 aliphatic rings. The van der Waals surface area contributed by atoms with Crippen LogP contribution in [-0.4, -0.2) is 29.8 Å². The van der Waals surface area contributed by atoms with E-state index in [0.29, 0.717) is 56.1 Å². The molecule has 0 radical (unpaired) electrons. The number of nitrogens with one attached hydrogen (secondary N) is 2. The quantitative estimate of drug-likeness (QED) is 0.130. The number of nitro benzene ring substituents is 2. The van der Waals surface area contributed by atoms with Crippen LogP contribution in [-0.2, 0) is 0 Å². The Bertz CT molecular complexity index is 2700. The van der Waals surface area contributed by atoms with Gasteiger partial charge in [-0.2, -0.15) is 0 Å². The van der Waals surface area contributed by atoms with E-state index in [0.717, 1.165) is 33.3 Å². The van der Waals surface area contributed by atoms with Crippen LogP contribution in [0, 0.1) is 20.2 Å². The van der Waals surface area contributed by atoms with Gasteiger partial charge in [-0.25, -0.2) is 9.97 Å². The summed E-state index contributed by atoms with van der Waals surface area (Å²) in [6.45, 7) is 0. The predicted molar refractivity (Wildman–Crippen MR) is 214 cm³/mol. The number of H-pyrrole nitrogens is 2. The van der Waals surface area contributed by atoms with Gasteiger partial charge in [0.05, 0.1) is 32.6 Å². The summed E-state index contributed by atoms with van der Waals surface area (Å²) in [7, 11) is 0. The van der Waals surface area contributed by atoms with E-state index in [1.807, 2.05) is 121 Å². The third-order valence-corrected chi connectivity index (χ3v) is 9.57. The smallest absolute Gasteiger partial charge is 0.270 e. The molecule has 0 saturated carbocycles. The molecule has 258 valence electrons. The highest BCUT2D eigenvalue weighted by Gasteiger charge is 2.20. The molecule has 0 atom stereocenters. The standard InChI is InChI=1S/C44H28N6O4/c51-49(52)31-15-7-13-29(25-31)43-37-21-19-35(46-37)41(27-9-3-1-4-10-27)33-17-18-34(45-33)42(28-11-5-2-6-12-28)36-20-22-38(47-36)44(40-24-23-39(43)48-40)30-14-8-16-32(26-30)50(53)54/h1-26,45,48H. The summed E-state index contributed by atoms with van der Waals surface area (Å²) in [4.78, 5) is 40.7. The molecular weight excluding hydrogens is 677 g/mol. The Morgan fingerprint density at radius 3 is 1.04 bits per heavy atom. The fourth-order valence-corrected chi connectivity index (χ4v) is 7.18. The topological polar surface area (TPSA) is 144 Å². The van der Waals surface area contributed by atoms with Gasteiger partial charge >= 0.3 is 0 Å². The molecule has 3 aromatic heterocycles. The van der Waals surface area contributed by atoms with Gasteiger partial charge in [-0.1, -0.05) is 84.9 Å². The first-order valence-corrected chi connectivity index (χ1v) is 17.2. The van der Waals surface area contributed by atoms with Gasteiger partial charge in [-0.15, -0.1) is 0 Å². The number of nitrogens with zero attached hydrogens (tertiary/aromatic N) is 4. The second-order valence-corrected chi connectivity index (χ2v) is 12.8. The lowest BCUT2D eigenvalue weighted by Crippen LogP contribution is -1.92. The molecule has 8 bridgehead atoms. The van der Waals surface area contributed by atoms with E-state index in [9.17, 15) is 20.2 Å². The molecule has 54 heavy (non-hydrogen) atoms. The average Bonchev–Trinajstić information content (AvgIpc) is 4.04. The summed E-state index contributed by atoms with van der Waals surface area (Å²) in [5, 5.41) is 23.9. The van der Waals surface area contributed by atoms with E-state index in [-0.39, 0.29) is 11.4 Å². The van der Waals surface area contributed by atoms with Crippen LogP contribution in [0.3, 0.4) is 0 Å². The van der Waals surface area contributed by atoms with Crippen LogP contribution in [0.5, 0.6) is 0 Å². The van der Waals surface area contributed by atoms with E-state index >= 15 is 0 Å². The first-order chi connectivity index (χ1) is 26.4. The summed E-state index contributed by atoms with van der Waals surface area (Å²) in [5.74, 6) is 0. The van der Waals surface area contributed by atoms with Crippen molar-refractivity contribution in [1.82, 2.24) is 19.9 Å². The number of nitro groups is 2. The second kappa shape index (κ2) is 13.1. The third kappa shape index (κ3) is 5.73. The molecule has 9 rings (SSSR count). The molecule has 0 aliphatic carbocycles. The molecule has 0 spiro atoms. The number of rotatable bonds is 6. The minimum atomic E-state index is -0.415. The van der Waals surface area contributed by atoms with Gasteiger partial charge in [-0.05, 0) is 70.8 Å². The van der Waals surface area contributed by atoms with Gasteiger partial charge in [0.15, 0.2) is 0 Å². The average molecular weight is 705 g/mol. The van der Waals surface area contributed by atoms with Crippen molar-refractivity contribution in [3.8, 4) is 44.5 Å². The molecule has 2 aliphatic heterocycles. The number of aromatic nitrogens is 4. The zero-order valence-corrected chi connectivity index (χ0v) is 28.4. The molecule has 0 fully saturated rings. The molecule has 0 unspecified atom stereocenters. The SMILES string of the molecule is O=[N+]([O-])c1cccc(-c2c3nc(c(-c4ccccc4)c4ccc([nH]4)c(-c4ccccc4)c4nc(c(-c5cccc([N+](=O)[O-])c5)c5ccc2[nH]5)C=C4)C=C3)c1. The Balaban J connectivity index is 1.48. The molecule has 10 nitrogen and oxygen atoms in total. The molecular formula is C44H28N6O4. The largest absolute Gasteiger partial charge is 0.354 e. The third-order valence-electron chi connectivity index (χ3n) is 9.57. The number of non-ortho nitro benzene ring substituents is 2. The number of hydrogen-bond donors (Lipinski definition) is 2. The van der Waals surface area contributed by atoms with E-state index in [1.54, 1.807) is 24.3 Å². The van der Waals surface area contributed by atoms with Crippen molar-refractivity contribution >= 4 is 57.7 Å². The molecule has 10 heteroatoms. The van der Waals surface area contributed by atoms with Gasteiger partial charge in [0.25, 0.3) is 11.4 Å². The van der Waals surface area contributed by atoms with E-state index in [2.05, 4.69) is 9.97 Å². The van der Waals surface area contributed by atoms with Crippen LogP contribution in [0.15, 0.2) is 133 Å². The highest BCUT2D eigenvalue weighted by Crippen LogP contribution is 2.39. The summed E-state index contributed by atoms with van der Waals surface area (Å²) < 4.78 is 0. The van der Waals surface area contributed by atoms with Gasteiger partial charge in [0, 0.05) is 68.6 Å². The van der Waals surface area contributed by atoms with Gasteiger partial charge < -0.3 is 9.97 Å². The highest BCUT2D eigenvalue weighted by atomic mass is 16.6. The monoisotopic (exact) mass is 704 g/mol. The van der Waals surface area contributed by atoms with Crippen LogP contribution < -0.4 is 0 Å². The number of hydrogen-bond acceptors (Lipinski definition) is 6. The molecule has 0 amide bonds. The van der Waals surface area contributed by atoms with Gasteiger partial charge in [0.2, 0.25) is 0 Å². The Morgan fingerprint density at radius 1 is 0.389 bits per heavy atom. The van der Waals surface area contributed by atoms with Gasteiger partial charge in [-0.3, -0.25) is 20.2 Å². The predicted octanol–water partition coefficient (Wildman–Crippen LogP) is 11.1. The Kier molecular flexibility index (Phi) is 7.82. The first-order valence-electron chi connectivity index (χ1n) is 17.2. The zero-order valence-electron chi connectivity index (χ0n) is 28.4. The van der Waals surface area contributed by atoms with Gasteiger partial charge in [0.1, 0.15) is 0 Å². The molecule has 5 heterocycles. The minimum Gasteiger partial charge on any atom is -0.354 e. The second-order valence-electron chi connectivity index (χ2n) is 12.8. The number of fused-ring (bicyclic) bond motifs is 8. The van der Waals surface area contributed by atoms with Crippen LogP contribution in [0.25, 0.3) is 90.9 Å². The minimum absolute atomic E-state index is 0.0519. The Morgan fingerprint density at radius 2 is 0.704 bits per heavy atom. The maximum atomic E-state index is 11.9. The van der Waals surface area contributed by atoms with Crippen LogP contribution in [0.2, 0.25) is 0 Å². The van der Waals surface area contributed by atoms with Crippen molar-refractivity contribution in [2.45, 2.75) is 0 Å². The maximum absolute atomic E-state index is 11.9. The summed E-state index contributed by atoms with van der Waals surface area (Å²) >= 11 is 0. The maximum Gasteiger partial charge on any atom is 0.270 e.